The Morgan fingerprint density at radius 3 is 1.27 bits per heavy atom. The van der Waals surface area contributed by atoms with Crippen LogP contribution in [0.5, 0.6) is 0 Å². The van der Waals surface area contributed by atoms with Crippen molar-refractivity contribution < 1.29 is 4.43 Å². The average molecular weight is 559 g/mol. The Hall–Kier alpha value is -0.683. The third-order valence-corrected chi connectivity index (χ3v) is 13.4. The summed E-state index contributed by atoms with van der Waals surface area (Å²) in [5.41, 5.74) is 0. The maximum absolute atomic E-state index is 7.58. The van der Waals surface area contributed by atoms with Crippen LogP contribution in [0.4, 0.5) is 0 Å². The number of hydrogen-bond acceptors (Lipinski definition) is 3. The molecule has 2 aromatic rings. The summed E-state index contributed by atoms with van der Waals surface area (Å²) in [5, 5.41) is 2.84. The standard InChI is InChI=1S/C33H54OS2Si/c1-33(2,3)37(31-24-16-12-17-25-31,32-26-18-13-19-27-32)34-30(22-14-8-4-6-10-20-28-35)23-15-9-5-7-11-21-29-36/h12-13,16-19,24-27,30,35-36H,4-11,14-15,20-23,28-29H2,1-3H3. The smallest absolute Gasteiger partial charge is 0.261 e. The lowest BCUT2D eigenvalue weighted by atomic mass is 10.0. The largest absolute Gasteiger partial charge is 0.404 e. The summed E-state index contributed by atoms with van der Waals surface area (Å²) in [6.45, 7) is 7.21. The number of hydrogen-bond donors (Lipinski definition) is 2. The maximum atomic E-state index is 7.58. The number of thiol groups is 2. The third-order valence-electron chi connectivity index (χ3n) is 7.63. The van der Waals surface area contributed by atoms with Crippen LogP contribution in [0.15, 0.2) is 60.7 Å². The van der Waals surface area contributed by atoms with Gasteiger partial charge in [0.25, 0.3) is 8.32 Å². The molecule has 0 saturated carbocycles. The van der Waals surface area contributed by atoms with Crippen LogP contribution in [0.2, 0.25) is 5.04 Å². The van der Waals surface area contributed by atoms with Gasteiger partial charge < -0.3 is 4.43 Å². The first-order chi connectivity index (χ1) is 18.0. The minimum Gasteiger partial charge on any atom is -0.404 e. The third kappa shape index (κ3) is 11.1. The molecule has 0 amide bonds. The van der Waals surface area contributed by atoms with E-state index in [2.05, 4.69) is 107 Å². The molecule has 0 unspecified atom stereocenters. The van der Waals surface area contributed by atoms with Crippen LogP contribution < -0.4 is 10.4 Å². The first-order valence-electron chi connectivity index (χ1n) is 15.0. The predicted molar refractivity (Wildman–Crippen MR) is 175 cm³/mol. The maximum Gasteiger partial charge on any atom is 0.261 e. The summed E-state index contributed by atoms with van der Waals surface area (Å²) in [6.07, 6.45) is 18.3. The van der Waals surface area contributed by atoms with E-state index in [1.165, 1.54) is 100 Å². The fourth-order valence-electron chi connectivity index (χ4n) is 5.59. The van der Waals surface area contributed by atoms with Crippen LogP contribution >= 0.6 is 25.3 Å². The zero-order chi connectivity index (χ0) is 26.8. The van der Waals surface area contributed by atoms with Gasteiger partial charge in [0, 0.05) is 6.10 Å². The molecule has 0 heterocycles. The fourth-order valence-corrected chi connectivity index (χ4v) is 10.8. The number of benzene rings is 2. The van der Waals surface area contributed by atoms with Gasteiger partial charge in [0.15, 0.2) is 0 Å². The quantitative estimate of drug-likeness (QED) is 0.0935. The normalized spacial score (nSPS) is 12.4. The fraction of sp³-hybridized carbons (Fsp3) is 0.636. The Bertz CT molecular complexity index is 749. The van der Waals surface area contributed by atoms with Gasteiger partial charge in [-0.15, -0.1) is 0 Å². The molecule has 0 fully saturated rings. The molecule has 208 valence electrons. The molecule has 0 aliphatic carbocycles. The molecule has 0 N–H and O–H groups in total. The van der Waals surface area contributed by atoms with Crippen molar-refractivity contribution in [3.63, 3.8) is 0 Å². The van der Waals surface area contributed by atoms with Crippen LogP contribution in [0.25, 0.3) is 0 Å². The van der Waals surface area contributed by atoms with Crippen molar-refractivity contribution in [3.8, 4) is 0 Å². The van der Waals surface area contributed by atoms with Gasteiger partial charge in [0.1, 0.15) is 0 Å². The van der Waals surface area contributed by atoms with Crippen molar-refractivity contribution >= 4 is 43.9 Å². The van der Waals surface area contributed by atoms with E-state index in [1.54, 1.807) is 0 Å². The zero-order valence-electron chi connectivity index (χ0n) is 24.0. The Labute approximate surface area is 241 Å². The topological polar surface area (TPSA) is 9.23 Å². The van der Waals surface area contributed by atoms with E-state index < -0.39 is 8.32 Å². The Kier molecular flexibility index (Phi) is 16.3. The second kappa shape index (κ2) is 18.6. The van der Waals surface area contributed by atoms with Crippen molar-refractivity contribution in [1.29, 1.82) is 0 Å². The van der Waals surface area contributed by atoms with E-state index in [9.17, 15) is 0 Å². The summed E-state index contributed by atoms with van der Waals surface area (Å²) in [5.74, 6) is 2.03. The Balaban J connectivity index is 2.20. The average Bonchev–Trinajstić information content (AvgIpc) is 2.90. The summed E-state index contributed by atoms with van der Waals surface area (Å²) in [6, 6.07) is 22.3. The molecule has 0 atom stereocenters. The molecular weight excluding hydrogens is 505 g/mol. The lowest BCUT2D eigenvalue weighted by molar-refractivity contribution is 0.160. The van der Waals surface area contributed by atoms with Crippen LogP contribution in [0.3, 0.4) is 0 Å². The van der Waals surface area contributed by atoms with Crippen LogP contribution in [0.1, 0.15) is 111 Å². The van der Waals surface area contributed by atoms with Gasteiger partial charge in [0.05, 0.1) is 0 Å². The van der Waals surface area contributed by atoms with E-state index in [-0.39, 0.29) is 5.04 Å². The summed E-state index contributed by atoms with van der Waals surface area (Å²) < 4.78 is 7.58. The van der Waals surface area contributed by atoms with E-state index in [1.807, 2.05) is 0 Å². The lowest BCUT2D eigenvalue weighted by Gasteiger charge is -2.45. The molecule has 1 nitrogen and oxygen atoms in total. The highest BCUT2D eigenvalue weighted by molar-refractivity contribution is 7.80. The van der Waals surface area contributed by atoms with Crippen molar-refractivity contribution in [3.05, 3.63) is 60.7 Å². The first-order valence-corrected chi connectivity index (χ1v) is 18.1. The molecule has 0 bridgehead atoms. The molecule has 0 spiro atoms. The molecule has 2 aromatic carbocycles. The highest BCUT2D eigenvalue weighted by Gasteiger charge is 2.51. The summed E-state index contributed by atoms with van der Waals surface area (Å²) in [4.78, 5) is 0. The van der Waals surface area contributed by atoms with Crippen molar-refractivity contribution in [2.45, 2.75) is 122 Å². The monoisotopic (exact) mass is 558 g/mol. The lowest BCUT2D eigenvalue weighted by Crippen LogP contribution is -2.67. The highest BCUT2D eigenvalue weighted by Crippen LogP contribution is 2.38. The van der Waals surface area contributed by atoms with E-state index in [0.29, 0.717) is 6.10 Å². The number of unbranched alkanes of at least 4 members (excludes halogenated alkanes) is 10. The van der Waals surface area contributed by atoms with Gasteiger partial charge in [-0.1, -0.05) is 146 Å². The molecule has 0 aliphatic heterocycles. The molecule has 2 rings (SSSR count). The molecule has 0 saturated heterocycles. The van der Waals surface area contributed by atoms with Crippen molar-refractivity contribution in [2.24, 2.45) is 0 Å². The first kappa shape index (κ1) is 32.5. The van der Waals surface area contributed by atoms with Gasteiger partial charge in [-0.2, -0.15) is 25.3 Å². The summed E-state index contributed by atoms with van der Waals surface area (Å²) >= 11 is 8.72. The Morgan fingerprint density at radius 2 is 0.919 bits per heavy atom. The molecule has 0 aliphatic rings. The predicted octanol–water partition coefficient (Wildman–Crippen LogP) is 9.25. The number of rotatable bonds is 20. The minimum absolute atomic E-state index is 0.0354. The van der Waals surface area contributed by atoms with Gasteiger partial charge >= 0.3 is 0 Å². The van der Waals surface area contributed by atoms with E-state index >= 15 is 0 Å². The van der Waals surface area contributed by atoms with Gasteiger partial charge in [-0.05, 0) is 52.6 Å². The van der Waals surface area contributed by atoms with Gasteiger partial charge in [-0.3, -0.25) is 0 Å². The van der Waals surface area contributed by atoms with Gasteiger partial charge in [-0.25, -0.2) is 0 Å². The minimum atomic E-state index is -2.50. The Morgan fingerprint density at radius 1 is 0.568 bits per heavy atom. The molecule has 37 heavy (non-hydrogen) atoms. The van der Waals surface area contributed by atoms with Crippen LogP contribution in [-0.2, 0) is 4.43 Å². The van der Waals surface area contributed by atoms with Crippen LogP contribution in [0, 0.1) is 0 Å². The van der Waals surface area contributed by atoms with Crippen molar-refractivity contribution in [1.82, 2.24) is 0 Å². The molecule has 4 heteroatoms. The van der Waals surface area contributed by atoms with Crippen molar-refractivity contribution in [2.75, 3.05) is 11.5 Å². The molecule has 0 aromatic heterocycles. The van der Waals surface area contributed by atoms with E-state index in [4.69, 9.17) is 4.43 Å². The highest BCUT2D eigenvalue weighted by atomic mass is 32.1. The molecule has 0 radical (unpaired) electrons. The summed E-state index contributed by atoms with van der Waals surface area (Å²) in [7, 11) is -2.50. The SMILES string of the molecule is CC(C)(C)[Si](OC(CCCCCCCCS)CCCCCCCCS)(c1ccccc1)c1ccccc1. The second-order valence-corrected chi connectivity index (χ2v) is 16.8. The molecular formula is C33H54OS2Si. The second-order valence-electron chi connectivity index (χ2n) is 11.7. The van der Waals surface area contributed by atoms with E-state index in [0.717, 1.165) is 11.5 Å². The van der Waals surface area contributed by atoms with Crippen LogP contribution in [-0.4, -0.2) is 25.9 Å². The van der Waals surface area contributed by atoms with Gasteiger partial charge in [0.2, 0.25) is 0 Å². The zero-order valence-corrected chi connectivity index (χ0v) is 26.8.